The number of aryl methyl sites for hydroxylation is 8. The Balaban J connectivity index is 0.000000128. The monoisotopic (exact) mass is 1870 g/mol. The highest BCUT2D eigenvalue weighted by molar-refractivity contribution is 6.09. The molecule has 12 heterocycles. The standard InChI is InChI=1S/C28H18F3N5O.C26H20F3N5O.C26H23N5O.C25H19F3N6O/c1-17-4-7-20(8-5-17)35-27(37)22-14-19(6-9-23(22)28(29,30)31)21-3-2-12-36-25(21)16-34-26(36)24-13-18(15-32)10-11-33-24;1-16-5-8-18(9-6-16)32-25(35)20-12-17(7-10-21(20)26(27,28)29)19-4-3-11-34-23(19)13-30-24(34)22-14-33(2)15-31-22;1-17-6-10-20(11-7-17)29-26(32)22-13-19(9-8-18(22)2)21-5-4-12-31-24(21)14-27-25(31)23-15-30(3)16-28-23;1-15-5-8-17(9-6-15)31-24(35)19-12-16(7-10-20(19)25(26,27)28)18-4-3-11-34-21(18)13-29-23(34)22-14-30-32-33(22)2/h2-14,16H,1H3,(H,35,37);3-15H,1-2H3,(H,32,35);4-16H,1-3H3,(H,29,32);3-14H,1-2H3,(H,31,35). The van der Waals surface area contributed by atoms with Gasteiger partial charge in [0.1, 0.15) is 22.8 Å². The number of hydrogen-bond donors (Lipinski definition) is 4. The lowest BCUT2D eigenvalue weighted by atomic mass is 9.98. The minimum absolute atomic E-state index is 0.122. The van der Waals surface area contributed by atoms with E-state index >= 15 is 0 Å². The van der Waals surface area contributed by atoms with Gasteiger partial charge in [0.2, 0.25) is 0 Å². The highest BCUT2D eigenvalue weighted by Gasteiger charge is 2.39. The fourth-order valence-corrected chi connectivity index (χ4v) is 15.8. The molecule has 0 atom stereocenters. The quantitative estimate of drug-likeness (QED) is 0.0655. The molecular formula is C105H80F9N21O4. The maximum atomic E-state index is 13.8. The van der Waals surface area contributed by atoms with E-state index in [9.17, 15) is 64.0 Å². The lowest BCUT2D eigenvalue weighted by Crippen LogP contribution is -2.19. The van der Waals surface area contributed by atoms with E-state index in [1.165, 1.54) is 42.6 Å². The third-order valence-electron chi connectivity index (χ3n) is 22.9. The van der Waals surface area contributed by atoms with Crippen LogP contribution in [0.4, 0.5) is 62.3 Å². The Morgan fingerprint density at radius 3 is 0.957 bits per heavy atom. The van der Waals surface area contributed by atoms with Gasteiger partial charge in [-0.2, -0.15) is 44.8 Å². The van der Waals surface area contributed by atoms with Crippen LogP contribution in [0.3, 0.4) is 0 Å². The highest BCUT2D eigenvalue weighted by atomic mass is 19.4. The van der Waals surface area contributed by atoms with Gasteiger partial charge in [-0.25, -0.2) is 34.6 Å². The number of rotatable bonds is 16. The lowest BCUT2D eigenvalue weighted by Gasteiger charge is -2.15. The molecule has 4 amide bonds. The fraction of sp³-hybridized carbons (Fsp3) is 0.105. The van der Waals surface area contributed by atoms with Crippen LogP contribution in [0.25, 0.3) is 113 Å². The first-order valence-electron chi connectivity index (χ1n) is 43.0. The van der Waals surface area contributed by atoms with Crippen molar-refractivity contribution >= 4 is 68.4 Å². The number of amides is 4. The normalized spacial score (nSPS) is 11.5. The van der Waals surface area contributed by atoms with E-state index in [0.717, 1.165) is 79.9 Å². The number of anilines is 4. The molecule has 0 saturated heterocycles. The summed E-state index contributed by atoms with van der Waals surface area (Å²) in [5, 5.41) is 27.7. The van der Waals surface area contributed by atoms with Crippen molar-refractivity contribution in [3.05, 3.63) is 390 Å². The van der Waals surface area contributed by atoms with Gasteiger partial charge in [-0.1, -0.05) is 131 Å². The second-order valence-electron chi connectivity index (χ2n) is 32.8. The molecule has 20 aromatic rings. The number of fused-ring (bicyclic) bond motifs is 4. The molecule has 0 fully saturated rings. The van der Waals surface area contributed by atoms with Gasteiger partial charge in [-0.3, -0.25) is 41.8 Å². The molecule has 0 aliphatic heterocycles. The lowest BCUT2D eigenvalue weighted by molar-refractivity contribution is -0.138. The van der Waals surface area contributed by atoms with E-state index in [1.807, 2.05) is 148 Å². The van der Waals surface area contributed by atoms with Gasteiger partial charge in [0.15, 0.2) is 23.3 Å². The third kappa shape index (κ3) is 20.1. The molecule has 0 spiro atoms. The van der Waals surface area contributed by atoms with Gasteiger partial charge in [-0.15, -0.1) is 5.10 Å². The number of benzene rings is 8. The molecule has 692 valence electrons. The molecule has 0 bridgehead atoms. The predicted octanol–water partition coefficient (Wildman–Crippen LogP) is 23.1. The van der Waals surface area contributed by atoms with Crippen LogP contribution in [0.5, 0.6) is 0 Å². The van der Waals surface area contributed by atoms with E-state index in [-0.39, 0.29) is 5.91 Å². The average molecular weight is 1870 g/mol. The zero-order valence-electron chi connectivity index (χ0n) is 75.2. The first-order chi connectivity index (χ1) is 66.7. The number of alkyl halides is 9. The molecule has 12 aromatic heterocycles. The highest BCUT2D eigenvalue weighted by Crippen LogP contribution is 2.42. The minimum atomic E-state index is -4.72. The molecular weight excluding hydrogens is 1790 g/mol. The Kier molecular flexibility index (Phi) is 25.7. The van der Waals surface area contributed by atoms with E-state index in [1.54, 1.807) is 196 Å². The van der Waals surface area contributed by atoms with Gasteiger partial charge in [-0.05, 0) is 190 Å². The number of hydrogen-bond acceptors (Lipinski definition) is 14. The summed E-state index contributed by atoms with van der Waals surface area (Å²) in [5.41, 5.74) is 14.3. The van der Waals surface area contributed by atoms with Crippen LogP contribution in [0.15, 0.2) is 318 Å². The number of halogens is 9. The van der Waals surface area contributed by atoms with Crippen molar-refractivity contribution in [2.75, 3.05) is 21.3 Å². The van der Waals surface area contributed by atoms with Crippen molar-refractivity contribution < 1.29 is 58.7 Å². The van der Waals surface area contributed by atoms with Crippen molar-refractivity contribution in [2.45, 2.75) is 53.1 Å². The molecule has 0 unspecified atom stereocenters. The topological polar surface area (TPSA) is 289 Å². The molecule has 0 aliphatic rings. The second-order valence-corrected chi connectivity index (χ2v) is 32.8. The summed E-state index contributed by atoms with van der Waals surface area (Å²) in [7, 11) is 5.53. The summed E-state index contributed by atoms with van der Waals surface area (Å²) < 4.78 is 137. The molecule has 25 nitrogen and oxygen atoms in total. The summed E-state index contributed by atoms with van der Waals surface area (Å²) in [6.07, 6.45) is 10.2. The van der Waals surface area contributed by atoms with E-state index in [4.69, 9.17) is 0 Å². The van der Waals surface area contributed by atoms with Gasteiger partial charge < -0.3 is 30.4 Å². The molecule has 4 N–H and O–H groups in total. The summed E-state index contributed by atoms with van der Waals surface area (Å²) in [6.45, 7) is 9.61. The Bertz CT molecular complexity index is 8120. The van der Waals surface area contributed by atoms with Crippen molar-refractivity contribution in [1.29, 1.82) is 5.26 Å². The molecule has 20 rings (SSSR count). The summed E-state index contributed by atoms with van der Waals surface area (Å²) >= 11 is 0. The van der Waals surface area contributed by atoms with E-state index < -0.39 is 69.6 Å². The number of carbonyl (C=O) groups excluding carboxylic acids is 4. The maximum Gasteiger partial charge on any atom is 0.417 e. The molecule has 0 radical (unpaired) electrons. The summed E-state index contributed by atoms with van der Waals surface area (Å²) in [4.78, 5) is 83.0. The van der Waals surface area contributed by atoms with Gasteiger partial charge in [0.05, 0.1) is 111 Å². The molecule has 8 aromatic carbocycles. The largest absolute Gasteiger partial charge is 0.417 e. The van der Waals surface area contributed by atoms with E-state index in [0.29, 0.717) is 113 Å². The number of nitriles is 1. The first-order valence-corrected chi connectivity index (χ1v) is 43.0. The van der Waals surface area contributed by atoms with Crippen molar-refractivity contribution in [3.8, 4) is 96.7 Å². The number of carbonyl (C=O) groups is 4. The van der Waals surface area contributed by atoms with Crippen LogP contribution in [0, 0.1) is 45.9 Å². The average Bonchev–Trinajstić information content (AvgIpc) is 1.67. The van der Waals surface area contributed by atoms with Crippen LogP contribution >= 0.6 is 0 Å². The van der Waals surface area contributed by atoms with Gasteiger partial charge in [0, 0.05) is 115 Å². The molecule has 0 saturated carbocycles. The van der Waals surface area contributed by atoms with Crippen LogP contribution in [0.1, 0.15) is 91.5 Å². The van der Waals surface area contributed by atoms with Crippen molar-refractivity contribution in [2.24, 2.45) is 21.1 Å². The smallest absolute Gasteiger partial charge is 0.340 e. The Morgan fingerprint density at radius 2 is 0.647 bits per heavy atom. The minimum Gasteiger partial charge on any atom is -0.340 e. The molecule has 0 aliphatic carbocycles. The van der Waals surface area contributed by atoms with Crippen LogP contribution < -0.4 is 21.3 Å². The van der Waals surface area contributed by atoms with Crippen LogP contribution in [0.2, 0.25) is 0 Å². The zero-order chi connectivity index (χ0) is 97.9. The van der Waals surface area contributed by atoms with Crippen molar-refractivity contribution in [3.63, 3.8) is 0 Å². The van der Waals surface area contributed by atoms with Crippen molar-refractivity contribution in [1.82, 2.24) is 76.6 Å². The SMILES string of the molecule is Cc1ccc(NC(=O)c2cc(-c3cccn4c(-c5cc(C#N)ccn5)ncc34)ccc2C(F)(F)F)cc1.Cc1ccc(NC(=O)c2cc(-c3cccn4c(-c5cn(C)cn5)ncc34)ccc2C(F)(F)F)cc1.Cc1ccc(NC(=O)c2cc(-c3cccn4c(-c5cn(C)cn5)ncc34)ccc2C)cc1.Cc1ccc(NC(=O)c2cc(-c3cccn4c(-c5cnnn5C)ncc34)ccc2C(F)(F)F)cc1. The number of aromatic nitrogens is 16. The molecule has 34 heteroatoms. The maximum absolute atomic E-state index is 13.8. The Morgan fingerprint density at radius 1 is 0.338 bits per heavy atom. The Hall–Kier alpha value is -18.0. The first kappa shape index (κ1) is 92.8. The molecule has 139 heavy (non-hydrogen) atoms. The zero-order valence-corrected chi connectivity index (χ0v) is 75.2. The number of nitrogens with zero attached hydrogens (tertiary/aromatic N) is 17. The van der Waals surface area contributed by atoms with E-state index in [2.05, 4.69) is 72.5 Å². The van der Waals surface area contributed by atoms with Gasteiger partial charge in [0.25, 0.3) is 23.6 Å². The van der Waals surface area contributed by atoms with Gasteiger partial charge >= 0.3 is 18.5 Å². The van der Waals surface area contributed by atoms with Crippen LogP contribution in [-0.4, -0.2) is 100 Å². The number of imidazole rings is 6. The second kappa shape index (κ2) is 38.5. The summed E-state index contributed by atoms with van der Waals surface area (Å²) in [6, 6.07) is 64.7. The number of nitrogens with one attached hydrogen (secondary N) is 4. The van der Waals surface area contributed by atoms with Crippen LogP contribution in [-0.2, 0) is 39.7 Å². The Labute approximate surface area is 787 Å². The predicted molar refractivity (Wildman–Crippen MR) is 511 cm³/mol. The fourth-order valence-electron chi connectivity index (χ4n) is 15.8. The summed E-state index contributed by atoms with van der Waals surface area (Å²) in [5.74, 6) is -0.224. The number of pyridine rings is 5. The third-order valence-corrected chi connectivity index (χ3v) is 22.9.